The second kappa shape index (κ2) is 5.28. The van der Waals surface area contributed by atoms with Gasteiger partial charge in [-0.3, -0.25) is 0 Å². The van der Waals surface area contributed by atoms with E-state index >= 15 is 0 Å². The smallest absolute Gasteiger partial charge is 0.176 e. The summed E-state index contributed by atoms with van der Waals surface area (Å²) in [6, 6.07) is 0. The second-order valence-corrected chi connectivity index (χ2v) is 1.69. The van der Waals surface area contributed by atoms with Crippen molar-refractivity contribution < 1.29 is 9.47 Å². The summed E-state index contributed by atoms with van der Waals surface area (Å²) in [5.41, 5.74) is 0. The van der Waals surface area contributed by atoms with Crippen LogP contribution in [0.1, 0.15) is 0 Å². The van der Waals surface area contributed by atoms with Crippen LogP contribution < -0.4 is 0 Å². The summed E-state index contributed by atoms with van der Waals surface area (Å²) in [6.07, 6.45) is 1.52. The number of halogens is 1. The van der Waals surface area contributed by atoms with Gasteiger partial charge >= 0.3 is 0 Å². The molecule has 3 heteroatoms. The first-order chi connectivity index (χ1) is 3.85. The van der Waals surface area contributed by atoms with Gasteiger partial charge in [0.1, 0.15) is 0 Å². The van der Waals surface area contributed by atoms with Gasteiger partial charge in [-0.15, -0.1) is 0 Å². The predicted molar refractivity (Wildman–Crippen MR) is 35.9 cm³/mol. The monoisotopic (exact) mass is 180 g/mol. The molecule has 0 aliphatic carbocycles. The molecule has 0 aromatic rings. The fraction of sp³-hybridized carbons (Fsp3) is 0.600. The Morgan fingerprint density at radius 3 is 2.00 bits per heavy atom. The van der Waals surface area contributed by atoms with E-state index in [0.717, 1.165) is 0 Å². The van der Waals surface area contributed by atoms with Crippen LogP contribution in [0.4, 0.5) is 0 Å². The highest BCUT2D eigenvalue weighted by molar-refractivity contribution is 9.11. The molecule has 48 valence electrons. The third kappa shape index (κ3) is 3.18. The summed E-state index contributed by atoms with van der Waals surface area (Å²) in [6.45, 7) is 0. The summed E-state index contributed by atoms with van der Waals surface area (Å²) in [5, 5.41) is 0. The molecule has 0 aliphatic rings. The summed E-state index contributed by atoms with van der Waals surface area (Å²) in [7, 11) is 3.17. The SMILES string of the molecule is COC(C=CBr)OC. The molecule has 0 radical (unpaired) electrons. The summed E-state index contributed by atoms with van der Waals surface area (Å²) < 4.78 is 9.60. The lowest BCUT2D eigenvalue weighted by Crippen LogP contribution is -2.07. The first-order valence-electron chi connectivity index (χ1n) is 2.17. The third-order valence-electron chi connectivity index (χ3n) is 0.694. The summed E-state index contributed by atoms with van der Waals surface area (Å²) in [4.78, 5) is 1.70. The molecule has 0 aliphatic heterocycles. The highest BCUT2D eigenvalue weighted by atomic mass is 79.9. The molecule has 0 bridgehead atoms. The Bertz CT molecular complexity index is 68.8. The Kier molecular flexibility index (Phi) is 5.37. The van der Waals surface area contributed by atoms with Crippen LogP contribution in [0.5, 0.6) is 0 Å². The number of hydrogen-bond acceptors (Lipinski definition) is 2. The van der Waals surface area contributed by atoms with Crippen LogP contribution in [-0.4, -0.2) is 20.5 Å². The summed E-state index contributed by atoms with van der Waals surface area (Å²) in [5.74, 6) is 0. The molecular formula is C5H9BrO2. The molecule has 0 spiro atoms. The first-order valence-corrected chi connectivity index (χ1v) is 3.09. The number of rotatable bonds is 3. The van der Waals surface area contributed by atoms with Gasteiger partial charge in [-0.2, -0.15) is 0 Å². The standard InChI is InChI=1S/C5H9BrO2/c1-7-5(8-2)3-4-6/h3-5H,1-2H3. The van der Waals surface area contributed by atoms with Crippen molar-refractivity contribution in [2.24, 2.45) is 0 Å². The molecule has 2 nitrogen and oxygen atoms in total. The molecule has 0 unspecified atom stereocenters. The van der Waals surface area contributed by atoms with E-state index in [2.05, 4.69) is 15.9 Å². The lowest BCUT2D eigenvalue weighted by atomic mass is 10.6. The third-order valence-corrected chi connectivity index (χ3v) is 1.000. The van der Waals surface area contributed by atoms with Gasteiger partial charge in [0.05, 0.1) is 0 Å². The van der Waals surface area contributed by atoms with Crippen molar-refractivity contribution in [3.05, 3.63) is 11.1 Å². The van der Waals surface area contributed by atoms with Gasteiger partial charge in [-0.25, -0.2) is 0 Å². The van der Waals surface area contributed by atoms with Crippen LogP contribution in [0, 0.1) is 0 Å². The van der Waals surface area contributed by atoms with E-state index < -0.39 is 0 Å². The molecule has 0 amide bonds. The number of methoxy groups -OCH3 is 2. The average Bonchev–Trinajstić information content (AvgIpc) is 1.83. The normalized spacial score (nSPS) is 11.5. The zero-order chi connectivity index (χ0) is 6.41. The van der Waals surface area contributed by atoms with E-state index in [1.807, 2.05) is 0 Å². The maximum absolute atomic E-state index is 4.80. The largest absolute Gasteiger partial charge is 0.352 e. The Balaban J connectivity index is 3.36. The molecule has 0 heterocycles. The minimum Gasteiger partial charge on any atom is -0.352 e. The molecular weight excluding hydrogens is 172 g/mol. The lowest BCUT2D eigenvalue weighted by molar-refractivity contribution is -0.0664. The van der Waals surface area contributed by atoms with Crippen molar-refractivity contribution >= 4 is 15.9 Å². The van der Waals surface area contributed by atoms with E-state index in [4.69, 9.17) is 9.47 Å². The second-order valence-electron chi connectivity index (χ2n) is 1.16. The minimum absolute atomic E-state index is 0.227. The van der Waals surface area contributed by atoms with Gasteiger partial charge in [0, 0.05) is 14.2 Å². The van der Waals surface area contributed by atoms with E-state index in [9.17, 15) is 0 Å². The molecule has 0 aromatic heterocycles. The van der Waals surface area contributed by atoms with Gasteiger partial charge in [0.2, 0.25) is 0 Å². The predicted octanol–water partition coefficient (Wildman–Crippen LogP) is 1.51. The molecule has 0 fully saturated rings. The van der Waals surface area contributed by atoms with E-state index in [1.54, 1.807) is 25.3 Å². The van der Waals surface area contributed by atoms with Crippen molar-refractivity contribution in [3.8, 4) is 0 Å². The van der Waals surface area contributed by atoms with Crippen LogP contribution in [-0.2, 0) is 9.47 Å². The summed E-state index contributed by atoms with van der Waals surface area (Å²) >= 11 is 3.09. The van der Waals surface area contributed by atoms with Crippen molar-refractivity contribution in [1.29, 1.82) is 0 Å². The first kappa shape index (κ1) is 8.14. The van der Waals surface area contributed by atoms with Crippen molar-refractivity contribution in [2.45, 2.75) is 6.29 Å². The maximum Gasteiger partial charge on any atom is 0.176 e. The highest BCUT2D eigenvalue weighted by Gasteiger charge is 1.94. The lowest BCUT2D eigenvalue weighted by Gasteiger charge is -2.05. The van der Waals surface area contributed by atoms with Crippen LogP contribution >= 0.6 is 15.9 Å². The Labute approximate surface area is 57.6 Å². The van der Waals surface area contributed by atoms with Crippen molar-refractivity contribution in [2.75, 3.05) is 14.2 Å². The van der Waals surface area contributed by atoms with E-state index in [1.165, 1.54) is 0 Å². The van der Waals surface area contributed by atoms with Gasteiger partial charge < -0.3 is 9.47 Å². The Hall–Kier alpha value is 0.140. The zero-order valence-corrected chi connectivity index (χ0v) is 6.51. The number of hydrogen-bond donors (Lipinski definition) is 0. The fourth-order valence-corrected chi connectivity index (χ4v) is 0.562. The molecule has 0 aromatic carbocycles. The zero-order valence-electron chi connectivity index (χ0n) is 4.93. The van der Waals surface area contributed by atoms with Crippen LogP contribution in [0.15, 0.2) is 11.1 Å². The maximum atomic E-state index is 4.80. The van der Waals surface area contributed by atoms with Gasteiger partial charge in [0.25, 0.3) is 0 Å². The molecule has 0 N–H and O–H groups in total. The molecule has 0 rings (SSSR count). The van der Waals surface area contributed by atoms with Crippen LogP contribution in [0.3, 0.4) is 0 Å². The molecule has 0 saturated heterocycles. The van der Waals surface area contributed by atoms with Crippen LogP contribution in [0.25, 0.3) is 0 Å². The number of ether oxygens (including phenoxy) is 2. The van der Waals surface area contributed by atoms with Gasteiger partial charge in [-0.1, -0.05) is 15.9 Å². The van der Waals surface area contributed by atoms with Gasteiger partial charge in [-0.05, 0) is 11.1 Å². The minimum atomic E-state index is -0.227. The van der Waals surface area contributed by atoms with Gasteiger partial charge in [0.15, 0.2) is 6.29 Å². The highest BCUT2D eigenvalue weighted by Crippen LogP contribution is 1.94. The molecule has 8 heavy (non-hydrogen) atoms. The average molecular weight is 181 g/mol. The molecule has 0 atom stereocenters. The topological polar surface area (TPSA) is 18.5 Å². The van der Waals surface area contributed by atoms with Crippen molar-refractivity contribution in [3.63, 3.8) is 0 Å². The fourth-order valence-electron chi connectivity index (χ4n) is 0.313. The Morgan fingerprint density at radius 2 is 1.88 bits per heavy atom. The van der Waals surface area contributed by atoms with E-state index in [0.29, 0.717) is 0 Å². The van der Waals surface area contributed by atoms with Crippen molar-refractivity contribution in [1.82, 2.24) is 0 Å². The molecule has 0 saturated carbocycles. The quantitative estimate of drug-likeness (QED) is 0.614. The Morgan fingerprint density at radius 1 is 1.38 bits per heavy atom. The van der Waals surface area contributed by atoms with E-state index in [-0.39, 0.29) is 6.29 Å². The van der Waals surface area contributed by atoms with Crippen LogP contribution in [0.2, 0.25) is 0 Å².